The number of nitrogens with one attached hydrogen (secondary N) is 1. The molecule has 2 rings (SSSR count). The van der Waals surface area contributed by atoms with E-state index in [-0.39, 0.29) is 30.1 Å². The van der Waals surface area contributed by atoms with Gasteiger partial charge in [0.05, 0.1) is 20.8 Å². The summed E-state index contributed by atoms with van der Waals surface area (Å²) in [6.45, 7) is 5.92. The van der Waals surface area contributed by atoms with Crippen molar-refractivity contribution in [3.8, 4) is 11.5 Å². The molecule has 1 fully saturated rings. The molecule has 0 saturated heterocycles. The van der Waals surface area contributed by atoms with Gasteiger partial charge in [-0.25, -0.2) is 0 Å². The monoisotopic (exact) mass is 377 g/mol. The fraction of sp³-hybridized carbons (Fsp3) is 0.619. The maximum absolute atomic E-state index is 12.8. The van der Waals surface area contributed by atoms with E-state index in [4.69, 9.17) is 9.47 Å². The van der Waals surface area contributed by atoms with E-state index >= 15 is 0 Å². The van der Waals surface area contributed by atoms with E-state index < -0.39 is 11.5 Å². The van der Waals surface area contributed by atoms with Gasteiger partial charge in [-0.05, 0) is 48.8 Å². The minimum absolute atomic E-state index is 0.107. The molecular formula is C21H31NO5. The van der Waals surface area contributed by atoms with Crippen LogP contribution in [0.3, 0.4) is 0 Å². The van der Waals surface area contributed by atoms with Gasteiger partial charge in [-0.1, -0.05) is 27.2 Å². The molecule has 1 aliphatic carbocycles. The van der Waals surface area contributed by atoms with Gasteiger partial charge in [0.1, 0.15) is 5.60 Å². The highest BCUT2D eigenvalue weighted by molar-refractivity contribution is 6.00. The highest BCUT2D eigenvalue weighted by atomic mass is 16.5. The molecule has 6 nitrogen and oxygen atoms in total. The standard InChI is InChI=1S/C21H31NO5/c1-13(2)16-8-6-14(3)11-21(16,25)20(24)22-12-17(23)15-7-9-18(26-4)19(10-15)27-5/h7,9-10,13-14,16,25H,6,8,11-12H2,1-5H3,(H,22,24)/t14?,16?,21-/m1/s1. The highest BCUT2D eigenvalue weighted by Crippen LogP contribution is 2.41. The summed E-state index contributed by atoms with van der Waals surface area (Å²) in [6.07, 6.45) is 2.24. The number of amides is 1. The Kier molecular flexibility index (Phi) is 6.87. The van der Waals surface area contributed by atoms with E-state index in [2.05, 4.69) is 5.32 Å². The zero-order chi connectivity index (χ0) is 20.2. The molecule has 27 heavy (non-hydrogen) atoms. The molecule has 3 atom stereocenters. The fourth-order valence-electron chi connectivity index (χ4n) is 4.06. The predicted octanol–water partition coefficient (Wildman–Crippen LogP) is 2.83. The Labute approximate surface area is 161 Å². The molecule has 0 aromatic heterocycles. The van der Waals surface area contributed by atoms with E-state index in [0.29, 0.717) is 23.5 Å². The molecule has 1 aromatic carbocycles. The van der Waals surface area contributed by atoms with Gasteiger partial charge in [0.2, 0.25) is 0 Å². The molecule has 0 bridgehead atoms. The molecule has 2 N–H and O–H groups in total. The van der Waals surface area contributed by atoms with E-state index in [9.17, 15) is 14.7 Å². The lowest BCUT2D eigenvalue weighted by Gasteiger charge is -2.43. The molecule has 0 aliphatic heterocycles. The number of benzene rings is 1. The summed E-state index contributed by atoms with van der Waals surface area (Å²) in [5.74, 6) is 0.633. The third kappa shape index (κ3) is 4.61. The van der Waals surface area contributed by atoms with E-state index in [1.165, 1.54) is 14.2 Å². The van der Waals surface area contributed by atoms with Crippen molar-refractivity contribution in [2.24, 2.45) is 17.8 Å². The zero-order valence-electron chi connectivity index (χ0n) is 16.9. The van der Waals surface area contributed by atoms with Crippen LogP contribution >= 0.6 is 0 Å². The summed E-state index contributed by atoms with van der Waals surface area (Å²) in [5, 5.41) is 13.8. The SMILES string of the molecule is COc1ccc(C(=O)CNC(=O)[C@@]2(O)CC(C)CCC2C(C)C)cc1OC. The number of hydrogen-bond acceptors (Lipinski definition) is 5. The van der Waals surface area contributed by atoms with Gasteiger partial charge in [-0.15, -0.1) is 0 Å². The van der Waals surface area contributed by atoms with E-state index in [1.807, 2.05) is 20.8 Å². The van der Waals surface area contributed by atoms with Gasteiger partial charge in [-0.2, -0.15) is 0 Å². The van der Waals surface area contributed by atoms with Crippen LogP contribution in [0.1, 0.15) is 50.4 Å². The predicted molar refractivity (Wildman–Crippen MR) is 103 cm³/mol. The Bertz CT molecular complexity index is 687. The lowest BCUT2D eigenvalue weighted by molar-refractivity contribution is -0.155. The number of rotatable bonds is 7. The maximum atomic E-state index is 12.8. The molecule has 0 radical (unpaired) electrons. The Morgan fingerprint density at radius 2 is 1.89 bits per heavy atom. The second-order valence-electron chi connectivity index (χ2n) is 7.84. The third-order valence-corrected chi connectivity index (χ3v) is 5.56. The second-order valence-corrected chi connectivity index (χ2v) is 7.84. The number of Topliss-reactive ketones (excluding diaryl/α,β-unsaturated/α-hetero) is 1. The molecule has 6 heteroatoms. The number of carbonyl (C=O) groups excluding carboxylic acids is 2. The van der Waals surface area contributed by atoms with Crippen LogP contribution in [-0.2, 0) is 4.79 Å². The summed E-state index contributed by atoms with van der Waals surface area (Å²) in [4.78, 5) is 25.3. The number of carbonyl (C=O) groups is 2. The number of methoxy groups -OCH3 is 2. The first kappa shape index (κ1) is 21.2. The smallest absolute Gasteiger partial charge is 0.252 e. The van der Waals surface area contributed by atoms with Crippen molar-refractivity contribution < 1.29 is 24.2 Å². The first-order valence-electron chi connectivity index (χ1n) is 9.48. The zero-order valence-corrected chi connectivity index (χ0v) is 16.9. The van der Waals surface area contributed by atoms with Gasteiger partial charge < -0.3 is 19.9 Å². The summed E-state index contributed by atoms with van der Waals surface area (Å²) >= 11 is 0. The third-order valence-electron chi connectivity index (χ3n) is 5.56. The van der Waals surface area contributed by atoms with Crippen LogP contribution in [0, 0.1) is 17.8 Å². The minimum atomic E-state index is -1.43. The fourth-order valence-corrected chi connectivity index (χ4v) is 4.06. The van der Waals surface area contributed by atoms with Gasteiger partial charge in [0, 0.05) is 5.56 Å². The van der Waals surface area contributed by atoms with Crippen LogP contribution < -0.4 is 14.8 Å². The first-order valence-corrected chi connectivity index (χ1v) is 9.48. The van der Waals surface area contributed by atoms with Crippen LogP contribution in [0.4, 0.5) is 0 Å². The summed E-state index contributed by atoms with van der Waals surface area (Å²) in [6, 6.07) is 4.87. The highest BCUT2D eigenvalue weighted by Gasteiger charge is 2.48. The molecule has 1 saturated carbocycles. The molecule has 0 heterocycles. The van der Waals surface area contributed by atoms with Crippen molar-refractivity contribution in [1.29, 1.82) is 0 Å². The molecule has 150 valence electrons. The molecule has 0 spiro atoms. The van der Waals surface area contributed by atoms with Crippen molar-refractivity contribution in [3.63, 3.8) is 0 Å². The quantitative estimate of drug-likeness (QED) is 0.714. The maximum Gasteiger partial charge on any atom is 0.252 e. The molecule has 1 aliphatic rings. The van der Waals surface area contributed by atoms with Crippen molar-refractivity contribution in [1.82, 2.24) is 5.32 Å². The van der Waals surface area contributed by atoms with Crippen molar-refractivity contribution in [2.75, 3.05) is 20.8 Å². The van der Waals surface area contributed by atoms with Crippen molar-refractivity contribution in [3.05, 3.63) is 23.8 Å². The summed E-state index contributed by atoms with van der Waals surface area (Å²) in [5.41, 5.74) is -1.01. The Morgan fingerprint density at radius 1 is 1.22 bits per heavy atom. The topological polar surface area (TPSA) is 84.9 Å². The molecule has 2 unspecified atom stereocenters. The number of hydrogen-bond donors (Lipinski definition) is 2. The molecule has 1 amide bonds. The largest absolute Gasteiger partial charge is 0.493 e. The Balaban J connectivity index is 2.08. The van der Waals surface area contributed by atoms with Crippen molar-refractivity contribution >= 4 is 11.7 Å². The average molecular weight is 377 g/mol. The number of ether oxygens (including phenoxy) is 2. The summed E-state index contributed by atoms with van der Waals surface area (Å²) in [7, 11) is 3.02. The number of aliphatic hydroxyl groups is 1. The van der Waals surface area contributed by atoms with Gasteiger partial charge in [0.15, 0.2) is 17.3 Å². The summed E-state index contributed by atoms with van der Waals surface area (Å²) < 4.78 is 10.4. The number of ketones is 1. The normalized spacial score (nSPS) is 25.1. The Hall–Kier alpha value is -2.08. The average Bonchev–Trinajstić information content (AvgIpc) is 2.64. The van der Waals surface area contributed by atoms with Crippen LogP contribution in [0.2, 0.25) is 0 Å². The van der Waals surface area contributed by atoms with Crippen LogP contribution in [-0.4, -0.2) is 43.2 Å². The van der Waals surface area contributed by atoms with Crippen LogP contribution in [0.15, 0.2) is 18.2 Å². The van der Waals surface area contributed by atoms with E-state index in [1.54, 1.807) is 18.2 Å². The van der Waals surface area contributed by atoms with Gasteiger partial charge in [0.25, 0.3) is 5.91 Å². The van der Waals surface area contributed by atoms with Crippen molar-refractivity contribution in [2.45, 2.75) is 45.6 Å². The van der Waals surface area contributed by atoms with Gasteiger partial charge in [-0.3, -0.25) is 9.59 Å². The second kappa shape index (κ2) is 8.74. The lowest BCUT2D eigenvalue weighted by Crippen LogP contribution is -2.56. The molecular weight excluding hydrogens is 346 g/mol. The first-order chi connectivity index (χ1) is 12.7. The molecule has 1 aromatic rings. The van der Waals surface area contributed by atoms with E-state index in [0.717, 1.165) is 12.8 Å². The van der Waals surface area contributed by atoms with Crippen LogP contribution in [0.5, 0.6) is 11.5 Å². The van der Waals surface area contributed by atoms with Crippen LogP contribution in [0.25, 0.3) is 0 Å². The lowest BCUT2D eigenvalue weighted by atomic mass is 9.66. The van der Waals surface area contributed by atoms with Gasteiger partial charge >= 0.3 is 0 Å². The Morgan fingerprint density at radius 3 is 2.48 bits per heavy atom. The minimum Gasteiger partial charge on any atom is -0.493 e.